The molecule has 0 bridgehead atoms. The molecule has 152 valence electrons. The fourth-order valence-corrected chi connectivity index (χ4v) is 2.81. The van der Waals surface area contributed by atoms with Crippen LogP contribution in [0.25, 0.3) is 0 Å². The van der Waals surface area contributed by atoms with E-state index in [4.69, 9.17) is 13.7 Å². The van der Waals surface area contributed by atoms with Gasteiger partial charge >= 0.3 is 5.97 Å². The lowest BCUT2D eigenvalue weighted by molar-refractivity contribution is -0.125. The summed E-state index contributed by atoms with van der Waals surface area (Å²) in [6, 6.07) is 15.2. The van der Waals surface area contributed by atoms with E-state index >= 15 is 0 Å². The van der Waals surface area contributed by atoms with Crippen LogP contribution in [0.5, 0.6) is 0 Å². The first-order valence-electron chi connectivity index (χ1n) is 9.15. The number of carbonyl (C=O) groups excluding carboxylic acids is 2. The lowest BCUT2D eigenvalue weighted by Gasteiger charge is -2.16. The van der Waals surface area contributed by atoms with E-state index in [2.05, 4.69) is 15.6 Å². The lowest BCUT2D eigenvalue weighted by atomic mass is 10.1. The molecule has 4 aromatic rings. The van der Waals surface area contributed by atoms with Gasteiger partial charge in [-0.2, -0.15) is 5.10 Å². The molecule has 0 saturated heterocycles. The Kier molecular flexibility index (Phi) is 5.42. The summed E-state index contributed by atoms with van der Waals surface area (Å²) < 4.78 is 17.7. The number of carbonyl (C=O) groups is 2. The second-order valence-corrected chi connectivity index (χ2v) is 6.48. The lowest BCUT2D eigenvalue weighted by Crippen LogP contribution is -2.26. The van der Waals surface area contributed by atoms with Crippen LogP contribution in [0.15, 0.2) is 75.9 Å². The van der Waals surface area contributed by atoms with Crippen LogP contribution in [0.1, 0.15) is 33.7 Å². The smallest absolute Gasteiger partial charge is 0.375 e. The molecule has 3 heterocycles. The molecule has 1 amide bonds. The number of nitrogens with one attached hydrogen (secondary N) is 1. The van der Waals surface area contributed by atoms with E-state index in [9.17, 15) is 9.59 Å². The van der Waals surface area contributed by atoms with Crippen molar-refractivity contribution < 1.29 is 23.3 Å². The fourth-order valence-electron chi connectivity index (χ4n) is 2.81. The summed E-state index contributed by atoms with van der Waals surface area (Å²) >= 11 is 0. The molecule has 0 aliphatic carbocycles. The van der Waals surface area contributed by atoms with Gasteiger partial charge in [0.05, 0.1) is 6.54 Å². The summed E-state index contributed by atoms with van der Waals surface area (Å²) in [5, 5.41) is 10.4. The third-order valence-electron chi connectivity index (χ3n) is 4.18. The number of amides is 1. The number of esters is 1. The second-order valence-electron chi connectivity index (χ2n) is 6.48. The highest BCUT2D eigenvalue weighted by atomic mass is 16.6. The van der Waals surface area contributed by atoms with E-state index in [1.54, 1.807) is 72.5 Å². The van der Waals surface area contributed by atoms with Gasteiger partial charge in [0.2, 0.25) is 11.9 Å². The molecule has 4 rings (SSSR count). The van der Waals surface area contributed by atoms with Gasteiger partial charge in [-0.25, -0.2) is 4.79 Å². The quantitative estimate of drug-likeness (QED) is 0.468. The molecule has 0 aliphatic rings. The summed E-state index contributed by atoms with van der Waals surface area (Å²) in [5.41, 5.74) is 0.506. The van der Waals surface area contributed by atoms with Crippen molar-refractivity contribution in [3.63, 3.8) is 0 Å². The van der Waals surface area contributed by atoms with Crippen molar-refractivity contribution >= 4 is 17.7 Å². The highest BCUT2D eigenvalue weighted by Crippen LogP contribution is 2.22. The first-order valence-corrected chi connectivity index (χ1v) is 9.15. The van der Waals surface area contributed by atoms with Crippen molar-refractivity contribution in [3.8, 4) is 0 Å². The van der Waals surface area contributed by atoms with Gasteiger partial charge in [0, 0.05) is 24.0 Å². The first kappa shape index (κ1) is 19.2. The second kappa shape index (κ2) is 8.48. The average molecular weight is 406 g/mol. The average Bonchev–Trinajstić information content (AvgIpc) is 3.50. The zero-order valence-corrected chi connectivity index (χ0v) is 16.0. The minimum atomic E-state index is -1.20. The molecular formula is C21H18N4O5. The van der Waals surface area contributed by atoms with Crippen LogP contribution < -0.4 is 5.32 Å². The molecule has 0 fully saturated rings. The predicted octanol–water partition coefficient (Wildman–Crippen LogP) is 3.36. The number of rotatable bonds is 7. The van der Waals surface area contributed by atoms with Gasteiger partial charge in [0.15, 0.2) is 5.82 Å². The van der Waals surface area contributed by atoms with Gasteiger partial charge in [0.25, 0.3) is 5.91 Å². The van der Waals surface area contributed by atoms with E-state index in [1.165, 1.54) is 6.07 Å². The van der Waals surface area contributed by atoms with E-state index in [0.717, 1.165) is 0 Å². The van der Waals surface area contributed by atoms with Crippen LogP contribution in [0, 0.1) is 6.92 Å². The normalized spacial score (nSPS) is 11.8. The van der Waals surface area contributed by atoms with E-state index in [0.29, 0.717) is 23.6 Å². The summed E-state index contributed by atoms with van der Waals surface area (Å²) in [6.45, 7) is 2.07. The van der Waals surface area contributed by atoms with E-state index in [1.807, 2.05) is 0 Å². The molecule has 1 unspecified atom stereocenters. The highest BCUT2D eigenvalue weighted by Gasteiger charge is 2.27. The number of anilines is 1. The van der Waals surface area contributed by atoms with E-state index < -0.39 is 18.0 Å². The van der Waals surface area contributed by atoms with Crippen LogP contribution in [0.2, 0.25) is 0 Å². The number of furan rings is 1. The molecule has 0 spiro atoms. The Labute approximate surface area is 171 Å². The SMILES string of the molecule is Cc1cc(NC(=O)C(OC(=O)c2ccc(Cn3cccn3)o2)c2ccccc2)no1. The summed E-state index contributed by atoms with van der Waals surface area (Å²) in [7, 11) is 0. The van der Waals surface area contributed by atoms with Gasteiger partial charge in [0.1, 0.15) is 11.5 Å². The van der Waals surface area contributed by atoms with Gasteiger partial charge < -0.3 is 19.0 Å². The number of ether oxygens (including phenoxy) is 1. The molecule has 30 heavy (non-hydrogen) atoms. The monoisotopic (exact) mass is 406 g/mol. The molecule has 0 aliphatic heterocycles. The Morgan fingerprint density at radius 1 is 1.17 bits per heavy atom. The number of nitrogens with zero attached hydrogens (tertiary/aromatic N) is 3. The fraction of sp³-hybridized carbons (Fsp3) is 0.143. The van der Waals surface area contributed by atoms with Crippen LogP contribution >= 0.6 is 0 Å². The van der Waals surface area contributed by atoms with Gasteiger partial charge in [-0.3, -0.25) is 9.48 Å². The maximum absolute atomic E-state index is 12.8. The molecule has 9 nitrogen and oxygen atoms in total. The Morgan fingerprint density at radius 2 is 2.00 bits per heavy atom. The van der Waals surface area contributed by atoms with Crippen molar-refractivity contribution in [2.24, 2.45) is 0 Å². The van der Waals surface area contributed by atoms with Crippen LogP contribution in [0.3, 0.4) is 0 Å². The Hall–Kier alpha value is -4.14. The van der Waals surface area contributed by atoms with Gasteiger partial charge in [-0.05, 0) is 25.1 Å². The van der Waals surface area contributed by atoms with E-state index in [-0.39, 0.29) is 11.6 Å². The zero-order valence-electron chi connectivity index (χ0n) is 16.0. The summed E-state index contributed by atoms with van der Waals surface area (Å²) in [5.74, 6) is -0.0336. The van der Waals surface area contributed by atoms with Gasteiger partial charge in [-0.1, -0.05) is 35.5 Å². The molecule has 9 heteroatoms. The van der Waals surface area contributed by atoms with Crippen molar-refractivity contribution in [2.45, 2.75) is 19.6 Å². The third kappa shape index (κ3) is 4.46. The highest BCUT2D eigenvalue weighted by molar-refractivity contribution is 5.97. The van der Waals surface area contributed by atoms with Crippen LogP contribution in [-0.2, 0) is 16.1 Å². The molecular weight excluding hydrogens is 388 g/mol. The largest absolute Gasteiger partial charge is 0.452 e. The molecule has 1 atom stereocenters. The van der Waals surface area contributed by atoms with Crippen LogP contribution in [0.4, 0.5) is 5.82 Å². The number of aryl methyl sites for hydroxylation is 1. The molecule has 1 N–H and O–H groups in total. The molecule has 0 saturated carbocycles. The van der Waals surface area contributed by atoms with Crippen molar-refractivity contribution in [2.75, 3.05) is 5.32 Å². The topological polar surface area (TPSA) is 112 Å². The zero-order chi connectivity index (χ0) is 20.9. The predicted molar refractivity (Wildman–Crippen MR) is 105 cm³/mol. The number of aromatic nitrogens is 3. The Morgan fingerprint density at radius 3 is 2.70 bits per heavy atom. The maximum Gasteiger partial charge on any atom is 0.375 e. The van der Waals surface area contributed by atoms with Crippen molar-refractivity contribution in [3.05, 3.63) is 89.8 Å². The third-order valence-corrected chi connectivity index (χ3v) is 4.18. The number of hydrogen-bond acceptors (Lipinski definition) is 7. The maximum atomic E-state index is 12.8. The number of hydrogen-bond donors (Lipinski definition) is 1. The Balaban J connectivity index is 1.50. The van der Waals surface area contributed by atoms with Crippen molar-refractivity contribution in [1.29, 1.82) is 0 Å². The van der Waals surface area contributed by atoms with Gasteiger partial charge in [-0.15, -0.1) is 0 Å². The van der Waals surface area contributed by atoms with Crippen molar-refractivity contribution in [1.82, 2.24) is 14.9 Å². The number of benzene rings is 1. The minimum absolute atomic E-state index is 0.0110. The summed E-state index contributed by atoms with van der Waals surface area (Å²) in [6.07, 6.45) is 2.23. The first-order chi connectivity index (χ1) is 14.6. The molecule has 1 aromatic carbocycles. The summed E-state index contributed by atoms with van der Waals surface area (Å²) in [4.78, 5) is 25.4. The Bertz CT molecular complexity index is 1130. The minimum Gasteiger partial charge on any atom is -0.452 e. The molecule has 3 aromatic heterocycles. The van der Waals surface area contributed by atoms with Crippen LogP contribution in [-0.4, -0.2) is 26.8 Å². The molecule has 0 radical (unpaired) electrons. The standard InChI is InChI=1S/C21H18N4O5/c1-14-12-18(24-30-14)23-20(26)19(15-6-3-2-4-7-15)29-21(27)17-9-8-16(28-17)13-25-11-5-10-22-25/h2-12,19H,13H2,1H3,(H,23,24,26).